The molecule has 0 aliphatic carbocycles. The van der Waals surface area contributed by atoms with Crippen molar-refractivity contribution < 1.29 is 0 Å². The van der Waals surface area contributed by atoms with Crippen molar-refractivity contribution in [2.45, 2.75) is 26.2 Å². The third kappa shape index (κ3) is 3.45. The Balaban J connectivity index is 1.64. The Bertz CT molecular complexity index is 321. The van der Waals surface area contributed by atoms with Gasteiger partial charge in [-0.25, -0.2) is 9.97 Å². The summed E-state index contributed by atoms with van der Waals surface area (Å²) in [6.45, 7) is 6.68. The summed E-state index contributed by atoms with van der Waals surface area (Å²) in [5.74, 6) is 1.76. The minimum Gasteiger partial charge on any atom is -0.370 e. The van der Waals surface area contributed by atoms with Gasteiger partial charge in [-0.2, -0.15) is 0 Å². The lowest BCUT2D eigenvalue weighted by Crippen LogP contribution is -2.22. The molecule has 88 valence electrons. The van der Waals surface area contributed by atoms with E-state index in [1.165, 1.54) is 38.9 Å². The average molecular weight is 220 g/mol. The zero-order valence-electron chi connectivity index (χ0n) is 9.95. The van der Waals surface area contributed by atoms with Crippen LogP contribution < -0.4 is 5.32 Å². The van der Waals surface area contributed by atoms with Gasteiger partial charge in [-0.15, -0.1) is 0 Å². The highest BCUT2D eigenvalue weighted by atomic mass is 15.1. The molecule has 4 nitrogen and oxygen atoms in total. The number of nitrogens with zero attached hydrogens (tertiary/aromatic N) is 3. The second kappa shape index (κ2) is 5.80. The molecule has 0 saturated carbocycles. The highest BCUT2D eigenvalue weighted by Crippen LogP contribution is 2.07. The Morgan fingerprint density at radius 1 is 1.38 bits per heavy atom. The Hall–Kier alpha value is -1.16. The van der Waals surface area contributed by atoms with Crippen LogP contribution in [0.3, 0.4) is 0 Å². The molecule has 0 bridgehead atoms. The maximum atomic E-state index is 4.31. The maximum absolute atomic E-state index is 4.31. The van der Waals surface area contributed by atoms with E-state index in [4.69, 9.17) is 0 Å². The molecule has 1 fully saturated rings. The van der Waals surface area contributed by atoms with Gasteiger partial charge in [-0.3, -0.25) is 0 Å². The van der Waals surface area contributed by atoms with Gasteiger partial charge in [0.25, 0.3) is 0 Å². The number of aryl methyl sites for hydroxylation is 1. The summed E-state index contributed by atoms with van der Waals surface area (Å²) in [5.41, 5.74) is 0. The molecule has 1 N–H and O–H groups in total. The van der Waals surface area contributed by atoms with E-state index >= 15 is 0 Å². The molecule has 1 aliphatic heterocycles. The molecule has 2 heterocycles. The highest BCUT2D eigenvalue weighted by molar-refractivity contribution is 5.32. The summed E-state index contributed by atoms with van der Waals surface area (Å²) in [6.07, 6.45) is 5.73. The normalized spacial score (nSPS) is 16.6. The standard InChI is InChI=1S/C12H20N4/c1-11-13-7-5-12(15-11)14-6-4-10-16-8-2-3-9-16/h5,7H,2-4,6,8-10H2,1H3,(H,13,14,15). The van der Waals surface area contributed by atoms with Crippen LogP contribution in [0.1, 0.15) is 25.1 Å². The van der Waals surface area contributed by atoms with Crippen molar-refractivity contribution in [3.8, 4) is 0 Å². The molecule has 0 aromatic carbocycles. The van der Waals surface area contributed by atoms with Crippen molar-refractivity contribution in [3.05, 3.63) is 18.1 Å². The molecule has 0 spiro atoms. The first kappa shape index (κ1) is 11.3. The lowest BCUT2D eigenvalue weighted by atomic mass is 10.4. The summed E-state index contributed by atoms with van der Waals surface area (Å²) in [5, 5.41) is 3.33. The number of likely N-dealkylation sites (tertiary alicyclic amines) is 1. The van der Waals surface area contributed by atoms with Crippen molar-refractivity contribution in [1.82, 2.24) is 14.9 Å². The number of hydrogen-bond acceptors (Lipinski definition) is 4. The molecule has 1 saturated heterocycles. The van der Waals surface area contributed by atoms with Gasteiger partial charge < -0.3 is 10.2 Å². The van der Waals surface area contributed by atoms with Crippen LogP contribution >= 0.6 is 0 Å². The number of aromatic nitrogens is 2. The quantitative estimate of drug-likeness (QED) is 0.767. The average Bonchev–Trinajstić information content (AvgIpc) is 2.77. The zero-order valence-corrected chi connectivity index (χ0v) is 9.95. The Kier molecular flexibility index (Phi) is 4.10. The second-order valence-electron chi connectivity index (χ2n) is 4.32. The van der Waals surface area contributed by atoms with E-state index in [0.29, 0.717) is 0 Å². The lowest BCUT2D eigenvalue weighted by Gasteiger charge is -2.14. The predicted octanol–water partition coefficient (Wildman–Crippen LogP) is 1.68. The van der Waals surface area contributed by atoms with Gasteiger partial charge in [-0.05, 0) is 51.9 Å². The highest BCUT2D eigenvalue weighted by Gasteiger charge is 2.09. The molecule has 0 unspecified atom stereocenters. The third-order valence-corrected chi connectivity index (χ3v) is 2.93. The first-order chi connectivity index (χ1) is 7.84. The van der Waals surface area contributed by atoms with Gasteiger partial charge in [0.2, 0.25) is 0 Å². The predicted molar refractivity (Wildman–Crippen MR) is 65.5 cm³/mol. The van der Waals surface area contributed by atoms with Crippen LogP contribution in [-0.4, -0.2) is 41.0 Å². The van der Waals surface area contributed by atoms with Crippen LogP contribution in [0.2, 0.25) is 0 Å². The molecule has 0 atom stereocenters. The first-order valence-electron chi connectivity index (χ1n) is 6.10. The van der Waals surface area contributed by atoms with Crippen LogP contribution in [0.5, 0.6) is 0 Å². The SMILES string of the molecule is Cc1nccc(NCCCN2CCCC2)n1. The van der Waals surface area contributed by atoms with E-state index in [-0.39, 0.29) is 0 Å². The molecule has 1 aromatic rings. The summed E-state index contributed by atoms with van der Waals surface area (Å²) in [6, 6.07) is 1.92. The number of nitrogens with one attached hydrogen (secondary N) is 1. The van der Waals surface area contributed by atoms with Gasteiger partial charge >= 0.3 is 0 Å². The number of rotatable bonds is 5. The number of hydrogen-bond donors (Lipinski definition) is 1. The van der Waals surface area contributed by atoms with Crippen LogP contribution in [0, 0.1) is 6.92 Å². The number of anilines is 1. The molecular weight excluding hydrogens is 200 g/mol. The minimum absolute atomic E-state index is 0.824. The third-order valence-electron chi connectivity index (χ3n) is 2.93. The summed E-state index contributed by atoms with van der Waals surface area (Å²) < 4.78 is 0. The Morgan fingerprint density at radius 2 is 2.19 bits per heavy atom. The molecule has 0 amide bonds. The fourth-order valence-corrected chi connectivity index (χ4v) is 2.08. The van der Waals surface area contributed by atoms with E-state index in [2.05, 4.69) is 20.2 Å². The van der Waals surface area contributed by atoms with Crippen molar-refractivity contribution in [2.75, 3.05) is 31.5 Å². The van der Waals surface area contributed by atoms with Crippen LogP contribution in [0.25, 0.3) is 0 Å². The van der Waals surface area contributed by atoms with Gasteiger partial charge in [0, 0.05) is 12.7 Å². The molecule has 0 radical (unpaired) electrons. The van der Waals surface area contributed by atoms with Crippen LogP contribution in [-0.2, 0) is 0 Å². The second-order valence-corrected chi connectivity index (χ2v) is 4.32. The molecule has 4 heteroatoms. The first-order valence-corrected chi connectivity index (χ1v) is 6.10. The van der Waals surface area contributed by atoms with Gasteiger partial charge in [0.1, 0.15) is 11.6 Å². The maximum Gasteiger partial charge on any atom is 0.129 e. The van der Waals surface area contributed by atoms with Crippen molar-refractivity contribution in [1.29, 1.82) is 0 Å². The van der Waals surface area contributed by atoms with Crippen molar-refractivity contribution >= 4 is 5.82 Å². The fraction of sp³-hybridized carbons (Fsp3) is 0.667. The van der Waals surface area contributed by atoms with Crippen molar-refractivity contribution in [3.63, 3.8) is 0 Å². The molecule has 1 aromatic heterocycles. The summed E-state index contributed by atoms with van der Waals surface area (Å²) >= 11 is 0. The Morgan fingerprint density at radius 3 is 2.94 bits per heavy atom. The summed E-state index contributed by atoms with van der Waals surface area (Å²) in [4.78, 5) is 10.9. The van der Waals surface area contributed by atoms with E-state index in [9.17, 15) is 0 Å². The Labute approximate surface area is 97.1 Å². The van der Waals surface area contributed by atoms with Gasteiger partial charge in [0.05, 0.1) is 0 Å². The monoisotopic (exact) mass is 220 g/mol. The lowest BCUT2D eigenvalue weighted by molar-refractivity contribution is 0.337. The van der Waals surface area contributed by atoms with E-state index < -0.39 is 0 Å². The van der Waals surface area contributed by atoms with Gasteiger partial charge in [-0.1, -0.05) is 0 Å². The fourth-order valence-electron chi connectivity index (χ4n) is 2.08. The van der Waals surface area contributed by atoms with Gasteiger partial charge in [0.15, 0.2) is 0 Å². The largest absolute Gasteiger partial charge is 0.370 e. The van der Waals surface area contributed by atoms with Crippen LogP contribution in [0.4, 0.5) is 5.82 Å². The molecule has 1 aliphatic rings. The van der Waals surface area contributed by atoms with Crippen LogP contribution in [0.15, 0.2) is 12.3 Å². The smallest absolute Gasteiger partial charge is 0.129 e. The molecular formula is C12H20N4. The topological polar surface area (TPSA) is 41.1 Å². The van der Waals surface area contributed by atoms with E-state index in [0.717, 1.165) is 18.2 Å². The summed E-state index contributed by atoms with van der Waals surface area (Å²) in [7, 11) is 0. The minimum atomic E-state index is 0.824. The van der Waals surface area contributed by atoms with E-state index in [1.807, 2.05) is 13.0 Å². The molecule has 2 rings (SSSR count). The molecule has 16 heavy (non-hydrogen) atoms. The van der Waals surface area contributed by atoms with E-state index in [1.54, 1.807) is 6.20 Å². The van der Waals surface area contributed by atoms with Crippen molar-refractivity contribution in [2.24, 2.45) is 0 Å². The zero-order chi connectivity index (χ0) is 11.2.